The van der Waals surface area contributed by atoms with Crippen molar-refractivity contribution in [3.63, 3.8) is 0 Å². The van der Waals surface area contributed by atoms with Crippen LogP contribution in [0.2, 0.25) is 0 Å². The molecule has 0 spiro atoms. The van der Waals surface area contributed by atoms with Gasteiger partial charge in [-0.3, -0.25) is 4.99 Å². The Kier molecular flexibility index (Phi) is 1.85. The first-order valence-corrected chi connectivity index (χ1v) is 4.13. The van der Waals surface area contributed by atoms with Crippen LogP contribution in [0.15, 0.2) is 29.5 Å². The molecule has 0 bridgehead atoms. The van der Waals surface area contributed by atoms with Gasteiger partial charge in [-0.1, -0.05) is 6.07 Å². The first-order valence-electron chi connectivity index (χ1n) is 4.13. The summed E-state index contributed by atoms with van der Waals surface area (Å²) in [6.45, 7) is 4.12. The summed E-state index contributed by atoms with van der Waals surface area (Å²) in [5.74, 6) is 0. The average molecular weight is 173 g/mol. The number of benzene rings is 1. The Hall–Kier alpha value is -1.64. The molecule has 0 aliphatic rings. The fourth-order valence-corrected chi connectivity index (χ4v) is 1.41. The van der Waals surface area contributed by atoms with Crippen LogP contribution < -0.4 is 0 Å². The number of aliphatic imine (C=N–C) groups is 1. The lowest BCUT2D eigenvalue weighted by molar-refractivity contribution is 0.947. The molecule has 2 aromatic rings. The van der Waals surface area contributed by atoms with E-state index in [1.807, 2.05) is 24.0 Å². The van der Waals surface area contributed by atoms with Gasteiger partial charge in [-0.05, 0) is 24.4 Å². The Balaban J connectivity index is 2.56. The molecule has 3 heteroatoms. The van der Waals surface area contributed by atoms with Gasteiger partial charge in [0.15, 0.2) is 0 Å². The Morgan fingerprint density at radius 1 is 1.54 bits per heavy atom. The summed E-state index contributed by atoms with van der Waals surface area (Å²) in [6.07, 6.45) is 1.82. The topological polar surface area (TPSA) is 30.2 Å². The van der Waals surface area contributed by atoms with E-state index in [1.54, 1.807) is 0 Å². The number of hydrogen-bond acceptors (Lipinski definition) is 2. The minimum Gasteiger partial charge on any atom is -0.334 e. The molecule has 13 heavy (non-hydrogen) atoms. The van der Waals surface area contributed by atoms with Crippen LogP contribution in [0, 0.1) is 0 Å². The van der Waals surface area contributed by atoms with Gasteiger partial charge in [0.05, 0.1) is 23.9 Å². The number of rotatable bonds is 2. The lowest BCUT2D eigenvalue weighted by Gasteiger charge is -1.97. The van der Waals surface area contributed by atoms with E-state index in [-0.39, 0.29) is 0 Å². The molecule has 0 N–H and O–H groups in total. The van der Waals surface area contributed by atoms with E-state index in [0.29, 0.717) is 6.54 Å². The van der Waals surface area contributed by atoms with Crippen molar-refractivity contribution >= 4 is 17.8 Å². The third-order valence-electron chi connectivity index (χ3n) is 2.08. The number of aryl methyl sites for hydroxylation is 1. The summed E-state index contributed by atoms with van der Waals surface area (Å²) < 4.78 is 2.00. The maximum atomic E-state index is 4.26. The van der Waals surface area contributed by atoms with Crippen LogP contribution in [0.25, 0.3) is 11.0 Å². The third kappa shape index (κ3) is 1.33. The van der Waals surface area contributed by atoms with Crippen molar-refractivity contribution in [1.29, 1.82) is 0 Å². The first kappa shape index (κ1) is 7.98. The molecule has 0 saturated carbocycles. The second-order valence-corrected chi connectivity index (χ2v) is 3.06. The summed E-state index contributed by atoms with van der Waals surface area (Å²) in [6, 6.07) is 6.16. The lowest BCUT2D eigenvalue weighted by Crippen LogP contribution is -1.85. The minimum atomic E-state index is 0.659. The van der Waals surface area contributed by atoms with E-state index in [0.717, 1.165) is 16.6 Å². The smallest absolute Gasteiger partial charge is 0.0955 e. The van der Waals surface area contributed by atoms with Crippen LogP contribution >= 0.6 is 0 Å². The molecule has 66 valence electrons. The van der Waals surface area contributed by atoms with Crippen molar-refractivity contribution in [3.8, 4) is 0 Å². The molecule has 1 heterocycles. The molecule has 0 saturated heterocycles. The van der Waals surface area contributed by atoms with Gasteiger partial charge in [0.2, 0.25) is 0 Å². The van der Waals surface area contributed by atoms with E-state index >= 15 is 0 Å². The fourth-order valence-electron chi connectivity index (χ4n) is 1.41. The van der Waals surface area contributed by atoms with Crippen LogP contribution in [0.5, 0.6) is 0 Å². The molecule has 0 unspecified atom stereocenters. The largest absolute Gasteiger partial charge is 0.334 e. The van der Waals surface area contributed by atoms with Crippen LogP contribution in [0.4, 0.5) is 0 Å². The molecule has 0 amide bonds. The van der Waals surface area contributed by atoms with Gasteiger partial charge in [0.1, 0.15) is 0 Å². The predicted molar refractivity (Wildman–Crippen MR) is 54.0 cm³/mol. The van der Waals surface area contributed by atoms with E-state index in [9.17, 15) is 0 Å². The second-order valence-electron chi connectivity index (χ2n) is 3.06. The quantitative estimate of drug-likeness (QED) is 0.636. The SMILES string of the molecule is C=NCc1ccc2c(c1)ncn2C. The van der Waals surface area contributed by atoms with E-state index in [4.69, 9.17) is 0 Å². The summed E-state index contributed by atoms with van der Waals surface area (Å²) in [4.78, 5) is 8.10. The number of imidazole rings is 1. The highest BCUT2D eigenvalue weighted by atomic mass is 15.0. The van der Waals surface area contributed by atoms with Crippen LogP contribution in [0.3, 0.4) is 0 Å². The molecule has 0 fully saturated rings. The minimum absolute atomic E-state index is 0.659. The van der Waals surface area contributed by atoms with E-state index < -0.39 is 0 Å². The molecule has 3 nitrogen and oxygen atoms in total. The van der Waals surface area contributed by atoms with Crippen molar-refractivity contribution < 1.29 is 0 Å². The highest BCUT2D eigenvalue weighted by Gasteiger charge is 1.99. The van der Waals surface area contributed by atoms with Gasteiger partial charge >= 0.3 is 0 Å². The van der Waals surface area contributed by atoms with Gasteiger partial charge in [-0.2, -0.15) is 0 Å². The Morgan fingerprint density at radius 3 is 3.15 bits per heavy atom. The van der Waals surface area contributed by atoms with Crippen molar-refractivity contribution in [2.75, 3.05) is 0 Å². The maximum absolute atomic E-state index is 4.26. The number of aromatic nitrogens is 2. The average Bonchev–Trinajstić information content (AvgIpc) is 2.48. The molecule has 1 aromatic heterocycles. The standard InChI is InChI=1S/C10H11N3/c1-11-6-8-3-4-10-9(5-8)12-7-13(10)2/h3-5,7H,1,6H2,2H3. The fraction of sp³-hybridized carbons (Fsp3) is 0.200. The molecular weight excluding hydrogens is 162 g/mol. The molecule has 2 rings (SSSR count). The lowest BCUT2D eigenvalue weighted by atomic mass is 10.2. The van der Waals surface area contributed by atoms with E-state index in [1.165, 1.54) is 0 Å². The summed E-state index contributed by atoms with van der Waals surface area (Å²) in [5.41, 5.74) is 3.32. The van der Waals surface area contributed by atoms with E-state index in [2.05, 4.69) is 28.8 Å². The highest BCUT2D eigenvalue weighted by Crippen LogP contribution is 2.14. The van der Waals surface area contributed by atoms with Crippen molar-refractivity contribution in [1.82, 2.24) is 9.55 Å². The monoisotopic (exact) mass is 173 g/mol. The molecule has 0 radical (unpaired) electrons. The molecular formula is C10H11N3. The van der Waals surface area contributed by atoms with Gasteiger partial charge in [-0.25, -0.2) is 4.98 Å². The Labute approximate surface area is 76.7 Å². The third-order valence-corrected chi connectivity index (χ3v) is 2.08. The number of nitrogens with zero attached hydrogens (tertiary/aromatic N) is 3. The molecule has 0 aliphatic heterocycles. The summed E-state index contributed by atoms with van der Waals surface area (Å²) in [7, 11) is 1.99. The predicted octanol–water partition coefficient (Wildman–Crippen LogP) is 1.77. The molecule has 1 aromatic carbocycles. The van der Waals surface area contributed by atoms with Gasteiger partial charge in [0.25, 0.3) is 0 Å². The molecule has 0 atom stereocenters. The maximum Gasteiger partial charge on any atom is 0.0955 e. The number of hydrogen-bond donors (Lipinski definition) is 0. The Bertz CT molecular complexity index is 442. The zero-order chi connectivity index (χ0) is 9.26. The van der Waals surface area contributed by atoms with Gasteiger partial charge in [0, 0.05) is 7.05 Å². The van der Waals surface area contributed by atoms with Gasteiger partial charge < -0.3 is 4.57 Å². The molecule has 0 aliphatic carbocycles. The summed E-state index contributed by atoms with van der Waals surface area (Å²) >= 11 is 0. The van der Waals surface area contributed by atoms with Gasteiger partial charge in [-0.15, -0.1) is 0 Å². The normalized spacial score (nSPS) is 10.5. The zero-order valence-electron chi connectivity index (χ0n) is 7.57. The van der Waals surface area contributed by atoms with Crippen LogP contribution in [-0.4, -0.2) is 16.3 Å². The Morgan fingerprint density at radius 2 is 2.38 bits per heavy atom. The van der Waals surface area contributed by atoms with Crippen LogP contribution in [0.1, 0.15) is 5.56 Å². The summed E-state index contributed by atoms with van der Waals surface area (Å²) in [5, 5.41) is 0. The van der Waals surface area contributed by atoms with Crippen molar-refractivity contribution in [2.45, 2.75) is 6.54 Å². The first-order chi connectivity index (χ1) is 6.31. The van der Waals surface area contributed by atoms with Crippen molar-refractivity contribution in [3.05, 3.63) is 30.1 Å². The number of fused-ring (bicyclic) bond motifs is 1. The van der Waals surface area contributed by atoms with Crippen molar-refractivity contribution in [2.24, 2.45) is 12.0 Å². The zero-order valence-corrected chi connectivity index (χ0v) is 7.57. The van der Waals surface area contributed by atoms with Crippen LogP contribution in [-0.2, 0) is 13.6 Å². The highest BCUT2D eigenvalue weighted by molar-refractivity contribution is 5.75. The second kappa shape index (κ2) is 3.01.